The van der Waals surface area contributed by atoms with E-state index in [-0.39, 0.29) is 23.6 Å². The predicted octanol–water partition coefficient (Wildman–Crippen LogP) is 4.84. The van der Waals surface area contributed by atoms with Gasteiger partial charge in [0.15, 0.2) is 0 Å². The highest BCUT2D eigenvalue weighted by Crippen LogP contribution is 2.56. The monoisotopic (exact) mass is 478 g/mol. The van der Waals surface area contributed by atoms with Crippen LogP contribution in [0.25, 0.3) is 0 Å². The Hall–Kier alpha value is -2.90. The van der Waals surface area contributed by atoms with Gasteiger partial charge in [-0.15, -0.1) is 0 Å². The molecule has 1 aliphatic carbocycles. The maximum absolute atomic E-state index is 12.9. The molecule has 1 saturated carbocycles. The standard InChI is InChI=1S/C27H38N6O2/c1-7-20-9-12-28-21(13-20)33-16-27(10-8-11-27)22-23(29-17-30-24(22)33)31-14-19(3)32(15-18(31)2)25(34)35-26(4,5)6/h9,12-13,17-19H,7-8,10-11,14-16H2,1-6H3/t18-,19+/m0/s1. The third-order valence-corrected chi connectivity index (χ3v) is 7.75. The minimum Gasteiger partial charge on any atom is -0.444 e. The van der Waals surface area contributed by atoms with Gasteiger partial charge in [0.1, 0.15) is 29.4 Å². The summed E-state index contributed by atoms with van der Waals surface area (Å²) in [6.45, 7) is 14.4. The molecule has 188 valence electrons. The number of aryl methyl sites for hydroxylation is 1. The van der Waals surface area contributed by atoms with Gasteiger partial charge in [-0.2, -0.15) is 0 Å². The second kappa shape index (κ2) is 8.64. The lowest BCUT2D eigenvalue weighted by molar-refractivity contribution is 0.0129. The zero-order valence-corrected chi connectivity index (χ0v) is 21.9. The fraction of sp³-hybridized carbons (Fsp3) is 0.630. The fourth-order valence-electron chi connectivity index (χ4n) is 5.75. The van der Waals surface area contributed by atoms with Crippen LogP contribution in [0.5, 0.6) is 0 Å². The van der Waals surface area contributed by atoms with Crippen LogP contribution in [0.2, 0.25) is 0 Å². The fourth-order valence-corrected chi connectivity index (χ4v) is 5.75. The van der Waals surface area contributed by atoms with Gasteiger partial charge in [0.2, 0.25) is 0 Å². The Kier molecular flexibility index (Phi) is 5.88. The van der Waals surface area contributed by atoms with Crippen molar-refractivity contribution in [1.82, 2.24) is 19.9 Å². The van der Waals surface area contributed by atoms with Crippen molar-refractivity contribution >= 4 is 23.5 Å². The topological polar surface area (TPSA) is 74.7 Å². The first-order chi connectivity index (χ1) is 16.6. The smallest absolute Gasteiger partial charge is 0.410 e. The Labute approximate surface area is 208 Å². The number of nitrogens with zero attached hydrogens (tertiary/aromatic N) is 6. The number of carbonyl (C=O) groups is 1. The normalized spacial score (nSPS) is 23.3. The molecule has 35 heavy (non-hydrogen) atoms. The van der Waals surface area contributed by atoms with Gasteiger partial charge in [-0.25, -0.2) is 19.7 Å². The molecule has 0 aromatic carbocycles. The van der Waals surface area contributed by atoms with E-state index in [0.717, 1.165) is 43.3 Å². The van der Waals surface area contributed by atoms with Crippen LogP contribution in [0.1, 0.15) is 71.9 Å². The lowest BCUT2D eigenvalue weighted by Gasteiger charge is -2.46. The summed E-state index contributed by atoms with van der Waals surface area (Å²) in [5, 5.41) is 0. The summed E-state index contributed by atoms with van der Waals surface area (Å²) in [4.78, 5) is 33.8. The van der Waals surface area contributed by atoms with Crippen LogP contribution >= 0.6 is 0 Å². The molecule has 2 aliphatic heterocycles. The molecule has 4 heterocycles. The quantitative estimate of drug-likeness (QED) is 0.625. The van der Waals surface area contributed by atoms with Crippen LogP contribution in [-0.2, 0) is 16.6 Å². The number of ether oxygens (including phenoxy) is 1. The average molecular weight is 479 g/mol. The SMILES string of the molecule is CCc1ccnc(N2CC3(CCC3)c3c2ncnc3N2C[C@@H](C)N(C(=O)OC(C)(C)C)C[C@@H]2C)c1. The second-order valence-corrected chi connectivity index (χ2v) is 11.5. The largest absolute Gasteiger partial charge is 0.444 e. The van der Waals surface area contributed by atoms with Crippen LogP contribution in [0, 0.1) is 0 Å². The summed E-state index contributed by atoms with van der Waals surface area (Å²) in [7, 11) is 0. The third-order valence-electron chi connectivity index (χ3n) is 7.75. The molecule has 0 bridgehead atoms. The molecule has 8 nitrogen and oxygen atoms in total. The molecule has 1 saturated heterocycles. The number of piperazine rings is 1. The maximum Gasteiger partial charge on any atom is 0.410 e. The zero-order chi connectivity index (χ0) is 25.0. The van der Waals surface area contributed by atoms with Crippen LogP contribution in [0.3, 0.4) is 0 Å². The van der Waals surface area contributed by atoms with Gasteiger partial charge >= 0.3 is 6.09 Å². The second-order valence-electron chi connectivity index (χ2n) is 11.5. The minimum absolute atomic E-state index is 0.0180. The molecule has 3 aliphatic rings. The lowest BCUT2D eigenvalue weighted by Crippen LogP contribution is -2.59. The number of anilines is 3. The zero-order valence-electron chi connectivity index (χ0n) is 21.9. The van der Waals surface area contributed by atoms with E-state index < -0.39 is 5.60 Å². The number of aromatic nitrogens is 3. The summed E-state index contributed by atoms with van der Waals surface area (Å²) in [5.74, 6) is 2.98. The molecular weight excluding hydrogens is 440 g/mol. The Morgan fingerprint density at radius 2 is 1.86 bits per heavy atom. The highest BCUT2D eigenvalue weighted by atomic mass is 16.6. The van der Waals surface area contributed by atoms with E-state index in [1.165, 1.54) is 17.5 Å². The van der Waals surface area contributed by atoms with Crippen LogP contribution in [0.4, 0.5) is 22.2 Å². The number of carbonyl (C=O) groups excluding carboxylic acids is 1. The first-order valence-corrected chi connectivity index (χ1v) is 13.0. The molecule has 0 radical (unpaired) electrons. The van der Waals surface area contributed by atoms with Crippen molar-refractivity contribution in [3.63, 3.8) is 0 Å². The molecule has 1 amide bonds. The van der Waals surface area contributed by atoms with E-state index in [1.54, 1.807) is 6.33 Å². The molecule has 8 heteroatoms. The first-order valence-electron chi connectivity index (χ1n) is 13.0. The lowest BCUT2D eigenvalue weighted by atomic mass is 9.66. The van der Waals surface area contributed by atoms with Gasteiger partial charge in [0.05, 0.1) is 0 Å². The van der Waals surface area contributed by atoms with E-state index in [9.17, 15) is 4.79 Å². The van der Waals surface area contributed by atoms with Crippen molar-refractivity contribution in [2.24, 2.45) is 0 Å². The highest BCUT2D eigenvalue weighted by Gasteiger charge is 2.52. The third kappa shape index (κ3) is 4.21. The Morgan fingerprint density at radius 1 is 1.11 bits per heavy atom. The van der Waals surface area contributed by atoms with E-state index in [1.807, 2.05) is 31.9 Å². The minimum atomic E-state index is -0.506. The first kappa shape index (κ1) is 23.8. The van der Waals surface area contributed by atoms with E-state index in [0.29, 0.717) is 13.1 Å². The van der Waals surface area contributed by atoms with Crippen molar-refractivity contribution in [3.8, 4) is 0 Å². The van der Waals surface area contributed by atoms with Gasteiger partial charge in [0.25, 0.3) is 0 Å². The Morgan fingerprint density at radius 3 is 2.51 bits per heavy atom. The summed E-state index contributed by atoms with van der Waals surface area (Å²) in [5.41, 5.74) is 2.11. The molecule has 2 atom stereocenters. The Balaban J connectivity index is 1.48. The van der Waals surface area contributed by atoms with Gasteiger partial charge in [-0.3, -0.25) is 0 Å². The molecule has 2 aromatic rings. The van der Waals surface area contributed by atoms with Crippen molar-refractivity contribution in [1.29, 1.82) is 0 Å². The van der Waals surface area contributed by atoms with Crippen LogP contribution in [0.15, 0.2) is 24.7 Å². The van der Waals surface area contributed by atoms with Gasteiger partial charge in [0, 0.05) is 48.9 Å². The number of hydrogen-bond donors (Lipinski definition) is 0. The molecule has 2 aromatic heterocycles. The number of hydrogen-bond acceptors (Lipinski definition) is 7. The summed E-state index contributed by atoms with van der Waals surface area (Å²) < 4.78 is 5.68. The predicted molar refractivity (Wildman–Crippen MR) is 137 cm³/mol. The van der Waals surface area contributed by atoms with Crippen molar-refractivity contribution in [2.45, 2.75) is 90.3 Å². The number of fused-ring (bicyclic) bond motifs is 2. The van der Waals surface area contributed by atoms with Crippen molar-refractivity contribution in [2.75, 3.05) is 29.4 Å². The molecule has 0 N–H and O–H groups in total. The molecule has 1 spiro atoms. The number of rotatable bonds is 3. The van der Waals surface area contributed by atoms with Crippen molar-refractivity contribution < 1.29 is 9.53 Å². The van der Waals surface area contributed by atoms with E-state index >= 15 is 0 Å². The number of amides is 1. The van der Waals surface area contributed by atoms with Crippen LogP contribution in [-0.4, -0.2) is 63.3 Å². The number of pyridine rings is 1. The summed E-state index contributed by atoms with van der Waals surface area (Å²) in [6, 6.07) is 4.40. The van der Waals surface area contributed by atoms with E-state index in [4.69, 9.17) is 19.7 Å². The molecule has 0 unspecified atom stereocenters. The van der Waals surface area contributed by atoms with Gasteiger partial charge in [-0.1, -0.05) is 13.3 Å². The van der Waals surface area contributed by atoms with E-state index in [2.05, 4.69) is 42.7 Å². The van der Waals surface area contributed by atoms with Crippen molar-refractivity contribution in [3.05, 3.63) is 35.8 Å². The summed E-state index contributed by atoms with van der Waals surface area (Å²) >= 11 is 0. The Bertz CT molecular complexity index is 1110. The highest BCUT2D eigenvalue weighted by molar-refractivity contribution is 5.75. The maximum atomic E-state index is 12.9. The van der Waals surface area contributed by atoms with Crippen LogP contribution < -0.4 is 9.80 Å². The molecule has 5 rings (SSSR count). The molecule has 2 fully saturated rings. The summed E-state index contributed by atoms with van der Waals surface area (Å²) in [6.07, 6.45) is 7.85. The van der Waals surface area contributed by atoms with Gasteiger partial charge < -0.3 is 19.4 Å². The van der Waals surface area contributed by atoms with Gasteiger partial charge in [-0.05, 0) is 71.6 Å². The average Bonchev–Trinajstić information content (AvgIpc) is 3.16. The molecular formula is C27H38N6O2.